The Morgan fingerprint density at radius 1 is 1.41 bits per heavy atom. The first-order valence-corrected chi connectivity index (χ1v) is 7.26. The van der Waals surface area contributed by atoms with E-state index in [1.165, 1.54) is 11.4 Å². The molecule has 1 heterocycles. The fraction of sp³-hybridized carbons (Fsp3) is 0.900. The lowest BCUT2D eigenvalue weighted by atomic mass is 9.97. The van der Waals surface area contributed by atoms with E-state index < -0.39 is 21.7 Å². The second-order valence-electron chi connectivity index (χ2n) is 4.68. The Morgan fingerprint density at radius 2 is 1.94 bits per heavy atom. The van der Waals surface area contributed by atoms with Crippen LogP contribution in [0.2, 0.25) is 0 Å². The molecule has 0 aromatic heterocycles. The van der Waals surface area contributed by atoms with Crippen LogP contribution in [0.1, 0.15) is 12.8 Å². The van der Waals surface area contributed by atoms with E-state index in [0.29, 0.717) is 12.5 Å². The average Bonchev–Trinajstić information content (AvgIpc) is 2.19. The molecule has 0 aromatic rings. The van der Waals surface area contributed by atoms with Gasteiger partial charge in [0.1, 0.15) is 0 Å². The Morgan fingerprint density at radius 3 is 2.41 bits per heavy atom. The lowest BCUT2D eigenvalue weighted by Gasteiger charge is -2.31. The zero-order valence-corrected chi connectivity index (χ0v) is 11.1. The van der Waals surface area contributed by atoms with E-state index in [9.17, 15) is 13.2 Å². The first-order chi connectivity index (χ1) is 7.81. The molecule has 7 heteroatoms. The van der Waals surface area contributed by atoms with Crippen LogP contribution in [0.4, 0.5) is 0 Å². The zero-order valence-electron chi connectivity index (χ0n) is 10.3. The Labute approximate surface area is 102 Å². The lowest BCUT2D eigenvalue weighted by Crippen LogP contribution is -2.39. The van der Waals surface area contributed by atoms with Crippen molar-refractivity contribution in [3.8, 4) is 0 Å². The molecule has 0 aliphatic carbocycles. The third kappa shape index (κ3) is 4.61. The molecule has 1 N–H and O–H groups in total. The number of aliphatic carboxylic acids is 1. The standard InChI is InChI=1S/C10H20N2O4S/c1-11-5-3-9(4-6-11)7-12(2)17(15,16)8-10(13)14/h9H,3-8H2,1-2H3,(H,13,14). The van der Waals surface area contributed by atoms with Crippen molar-refractivity contribution in [2.75, 3.05) is 39.5 Å². The van der Waals surface area contributed by atoms with Gasteiger partial charge in [-0.3, -0.25) is 4.79 Å². The molecule has 0 saturated carbocycles. The van der Waals surface area contributed by atoms with Crippen molar-refractivity contribution in [2.24, 2.45) is 5.92 Å². The van der Waals surface area contributed by atoms with Crippen LogP contribution in [-0.2, 0) is 14.8 Å². The fourth-order valence-electron chi connectivity index (χ4n) is 1.99. The summed E-state index contributed by atoms with van der Waals surface area (Å²) in [6.45, 7) is 2.36. The highest BCUT2D eigenvalue weighted by Crippen LogP contribution is 2.17. The number of rotatable bonds is 5. The first-order valence-electron chi connectivity index (χ1n) is 5.65. The first kappa shape index (κ1) is 14.4. The number of carboxylic acid groups (broad SMARTS) is 1. The van der Waals surface area contributed by atoms with E-state index in [2.05, 4.69) is 4.90 Å². The van der Waals surface area contributed by atoms with Crippen LogP contribution in [-0.4, -0.2) is 68.2 Å². The fourth-order valence-corrected chi connectivity index (χ4v) is 2.96. The summed E-state index contributed by atoms with van der Waals surface area (Å²) < 4.78 is 24.4. The van der Waals surface area contributed by atoms with Crippen molar-refractivity contribution in [1.29, 1.82) is 0 Å². The van der Waals surface area contributed by atoms with Gasteiger partial charge in [0.05, 0.1) is 0 Å². The van der Waals surface area contributed by atoms with Gasteiger partial charge >= 0.3 is 5.97 Å². The highest BCUT2D eigenvalue weighted by atomic mass is 32.2. The molecule has 0 unspecified atom stereocenters. The van der Waals surface area contributed by atoms with E-state index in [4.69, 9.17) is 5.11 Å². The van der Waals surface area contributed by atoms with Gasteiger partial charge in [-0.05, 0) is 38.9 Å². The number of piperidine rings is 1. The van der Waals surface area contributed by atoms with Gasteiger partial charge in [-0.2, -0.15) is 0 Å². The highest BCUT2D eigenvalue weighted by molar-refractivity contribution is 7.89. The van der Waals surface area contributed by atoms with E-state index in [-0.39, 0.29) is 0 Å². The Bertz CT molecular complexity index is 361. The number of hydrogen-bond donors (Lipinski definition) is 1. The Kier molecular flexibility index (Phi) is 4.91. The normalized spacial score (nSPS) is 19.7. The zero-order chi connectivity index (χ0) is 13.1. The predicted molar refractivity (Wildman–Crippen MR) is 64.3 cm³/mol. The molecule has 100 valence electrons. The van der Waals surface area contributed by atoms with Gasteiger partial charge in [0.25, 0.3) is 0 Å². The van der Waals surface area contributed by atoms with E-state index >= 15 is 0 Å². The van der Waals surface area contributed by atoms with E-state index in [1.54, 1.807) is 0 Å². The summed E-state index contributed by atoms with van der Waals surface area (Å²) in [5.41, 5.74) is 0. The third-order valence-corrected chi connectivity index (χ3v) is 4.84. The summed E-state index contributed by atoms with van der Waals surface area (Å²) in [7, 11) is -0.155. The van der Waals surface area contributed by atoms with Gasteiger partial charge in [-0.25, -0.2) is 12.7 Å². The molecule has 6 nitrogen and oxygen atoms in total. The van der Waals surface area contributed by atoms with Crippen molar-refractivity contribution in [2.45, 2.75) is 12.8 Å². The van der Waals surface area contributed by atoms with Crippen molar-refractivity contribution in [3.05, 3.63) is 0 Å². The largest absolute Gasteiger partial charge is 0.480 e. The molecule has 17 heavy (non-hydrogen) atoms. The van der Waals surface area contributed by atoms with Crippen LogP contribution in [0, 0.1) is 5.92 Å². The Hall–Kier alpha value is -0.660. The summed E-state index contributed by atoms with van der Waals surface area (Å²) in [5.74, 6) is -1.80. The second-order valence-corrected chi connectivity index (χ2v) is 6.75. The van der Waals surface area contributed by atoms with Gasteiger partial charge in [0.15, 0.2) is 5.75 Å². The minimum absolute atomic E-state index is 0.333. The SMILES string of the molecule is CN1CCC(CN(C)S(=O)(=O)CC(=O)O)CC1. The molecule has 0 aromatic carbocycles. The average molecular weight is 264 g/mol. The van der Waals surface area contributed by atoms with Gasteiger partial charge < -0.3 is 10.0 Å². The number of nitrogens with zero attached hydrogens (tertiary/aromatic N) is 2. The molecule has 0 bridgehead atoms. The van der Waals surface area contributed by atoms with E-state index in [1.807, 2.05) is 7.05 Å². The quantitative estimate of drug-likeness (QED) is 0.736. The maximum Gasteiger partial charge on any atom is 0.320 e. The van der Waals surface area contributed by atoms with Crippen molar-refractivity contribution in [1.82, 2.24) is 9.21 Å². The summed E-state index contributed by atoms with van der Waals surface area (Å²) in [6, 6.07) is 0. The van der Waals surface area contributed by atoms with Crippen LogP contribution in [0.3, 0.4) is 0 Å². The van der Waals surface area contributed by atoms with Crippen LogP contribution in [0.5, 0.6) is 0 Å². The minimum Gasteiger partial charge on any atom is -0.480 e. The molecule has 0 radical (unpaired) electrons. The predicted octanol–water partition coefficient (Wildman–Crippen LogP) is -0.326. The maximum absolute atomic E-state index is 11.6. The number of sulfonamides is 1. The lowest BCUT2D eigenvalue weighted by molar-refractivity contribution is -0.134. The van der Waals surface area contributed by atoms with Gasteiger partial charge in [0.2, 0.25) is 10.0 Å². The van der Waals surface area contributed by atoms with Crippen LogP contribution in [0.15, 0.2) is 0 Å². The monoisotopic (exact) mass is 264 g/mol. The molecule has 1 saturated heterocycles. The number of carbonyl (C=O) groups is 1. The van der Waals surface area contributed by atoms with Gasteiger partial charge in [0, 0.05) is 13.6 Å². The summed E-state index contributed by atoms with van der Waals surface area (Å²) in [6.07, 6.45) is 1.92. The molecule has 0 atom stereocenters. The van der Waals surface area contributed by atoms with Crippen LogP contribution < -0.4 is 0 Å². The number of likely N-dealkylation sites (tertiary alicyclic amines) is 1. The number of carboxylic acids is 1. The van der Waals surface area contributed by atoms with Crippen molar-refractivity contribution >= 4 is 16.0 Å². The molecule has 0 amide bonds. The van der Waals surface area contributed by atoms with Crippen LogP contribution in [0.25, 0.3) is 0 Å². The third-order valence-electron chi connectivity index (χ3n) is 3.13. The molecular formula is C10H20N2O4S. The molecular weight excluding hydrogens is 244 g/mol. The van der Waals surface area contributed by atoms with Crippen LogP contribution >= 0.6 is 0 Å². The number of hydrogen-bond acceptors (Lipinski definition) is 4. The van der Waals surface area contributed by atoms with Crippen molar-refractivity contribution < 1.29 is 18.3 Å². The topological polar surface area (TPSA) is 77.9 Å². The molecule has 0 spiro atoms. The summed E-state index contributed by atoms with van der Waals surface area (Å²) in [5, 5.41) is 8.53. The highest BCUT2D eigenvalue weighted by Gasteiger charge is 2.25. The molecule has 1 fully saturated rings. The van der Waals surface area contributed by atoms with Gasteiger partial charge in [-0.1, -0.05) is 0 Å². The Balaban J connectivity index is 2.48. The van der Waals surface area contributed by atoms with E-state index in [0.717, 1.165) is 25.9 Å². The molecule has 1 rings (SSSR count). The van der Waals surface area contributed by atoms with Crippen molar-refractivity contribution in [3.63, 3.8) is 0 Å². The molecule has 1 aliphatic rings. The second kappa shape index (κ2) is 5.79. The minimum atomic E-state index is -3.65. The maximum atomic E-state index is 11.6. The summed E-state index contributed by atoms with van der Waals surface area (Å²) in [4.78, 5) is 12.7. The van der Waals surface area contributed by atoms with Gasteiger partial charge in [-0.15, -0.1) is 0 Å². The smallest absolute Gasteiger partial charge is 0.320 e. The molecule has 1 aliphatic heterocycles. The summed E-state index contributed by atoms with van der Waals surface area (Å²) >= 11 is 0.